The number of benzene rings is 2. The third kappa shape index (κ3) is 6.45. The van der Waals surface area contributed by atoms with E-state index >= 15 is 0 Å². The van der Waals surface area contributed by atoms with Crippen molar-refractivity contribution in [2.24, 2.45) is 0 Å². The highest BCUT2D eigenvalue weighted by atomic mass is 16.6. The first-order chi connectivity index (χ1) is 21.1. The predicted octanol–water partition coefficient (Wildman–Crippen LogP) is 6.42. The Balaban J connectivity index is 0.000000178. The zero-order valence-corrected chi connectivity index (χ0v) is 26.5. The van der Waals surface area contributed by atoms with Crippen LogP contribution >= 0.6 is 0 Å². The number of carboxylic acids is 1. The Hall–Kier alpha value is -5.00. The van der Waals surface area contributed by atoms with Crippen molar-refractivity contribution < 1.29 is 38.5 Å². The van der Waals surface area contributed by atoms with Crippen LogP contribution in [0.25, 0.3) is 21.8 Å². The molecule has 6 rings (SSSR count). The second-order valence-corrected chi connectivity index (χ2v) is 13.0. The lowest BCUT2D eigenvalue weighted by molar-refractivity contribution is 0.0573. The van der Waals surface area contributed by atoms with Crippen LogP contribution < -0.4 is 9.80 Å². The number of fused-ring (bicyclic) bond motifs is 6. The first kappa shape index (κ1) is 31.4. The molecule has 0 bridgehead atoms. The molecule has 2 amide bonds. The van der Waals surface area contributed by atoms with Crippen molar-refractivity contribution in [1.29, 1.82) is 0 Å². The van der Waals surface area contributed by atoms with Gasteiger partial charge in [-0.05, 0) is 102 Å². The number of carbonyl (C=O) groups excluding carboxylic acids is 3. The fourth-order valence-electron chi connectivity index (χ4n) is 5.57. The monoisotopic (exact) mass is 618 g/mol. The first-order valence-corrected chi connectivity index (χ1v) is 14.7. The average Bonchev–Trinajstić information content (AvgIpc) is 3.72. The lowest BCUT2D eigenvalue weighted by Crippen LogP contribution is -2.35. The highest BCUT2D eigenvalue weighted by Gasteiger charge is 2.32. The van der Waals surface area contributed by atoms with Gasteiger partial charge in [0.05, 0.1) is 18.5 Å². The highest BCUT2D eigenvalue weighted by molar-refractivity contribution is 6.02. The van der Waals surface area contributed by atoms with E-state index < -0.39 is 23.1 Å². The van der Waals surface area contributed by atoms with Gasteiger partial charge in [-0.1, -0.05) is 0 Å². The number of nitrogens with zero attached hydrogens (tertiary/aromatic N) is 2. The first-order valence-electron chi connectivity index (χ1n) is 14.7. The van der Waals surface area contributed by atoms with E-state index in [1.165, 1.54) is 7.11 Å². The number of amides is 2. The number of ether oxygens (including phenoxy) is 3. The molecule has 45 heavy (non-hydrogen) atoms. The number of anilines is 2. The smallest absolute Gasteiger partial charge is 0.414 e. The third-order valence-corrected chi connectivity index (χ3v) is 7.40. The Morgan fingerprint density at radius 1 is 0.711 bits per heavy atom. The molecule has 4 heterocycles. The van der Waals surface area contributed by atoms with E-state index in [9.17, 15) is 19.2 Å². The Morgan fingerprint density at radius 2 is 1.13 bits per heavy atom. The van der Waals surface area contributed by atoms with Gasteiger partial charge in [-0.25, -0.2) is 19.2 Å². The molecule has 0 radical (unpaired) electrons. The van der Waals surface area contributed by atoms with Crippen LogP contribution in [0.3, 0.4) is 0 Å². The summed E-state index contributed by atoms with van der Waals surface area (Å²) in [4.78, 5) is 56.5. The molecule has 0 spiro atoms. The maximum Gasteiger partial charge on any atom is 0.414 e. The van der Waals surface area contributed by atoms with Crippen LogP contribution in [0.5, 0.6) is 0 Å². The topological polar surface area (TPSA) is 154 Å². The zero-order valence-electron chi connectivity index (χ0n) is 26.5. The standard InChI is InChI=1S/C17H20N2O4.C16H18N2O4/c1-17(2,3)23-16(21)19-8-7-10-11-9-13(15(20)22-4)18-12(11)5-6-14(10)19;1-16(2,3)22-15(21)18-7-6-9-10-8-12(14(19)20)17-11(10)4-5-13(9)18/h5-6,9,18H,7-8H2,1-4H3;4-5,8,17H,6-7H2,1-3H3,(H,19,20). The summed E-state index contributed by atoms with van der Waals surface area (Å²) in [5.41, 5.74) is 4.75. The van der Waals surface area contributed by atoms with Crippen molar-refractivity contribution in [1.82, 2.24) is 9.97 Å². The number of H-pyrrole nitrogens is 2. The summed E-state index contributed by atoms with van der Waals surface area (Å²) in [5.74, 6) is -1.40. The molecule has 12 heteroatoms. The molecule has 0 saturated carbocycles. The molecule has 0 fully saturated rings. The summed E-state index contributed by atoms with van der Waals surface area (Å²) in [7, 11) is 1.35. The van der Waals surface area contributed by atoms with E-state index in [2.05, 4.69) is 9.97 Å². The van der Waals surface area contributed by atoms with Gasteiger partial charge in [0.1, 0.15) is 22.6 Å². The van der Waals surface area contributed by atoms with Gasteiger partial charge < -0.3 is 29.3 Å². The van der Waals surface area contributed by atoms with Crippen molar-refractivity contribution in [3.05, 3.63) is 58.9 Å². The number of esters is 1. The maximum absolute atomic E-state index is 12.3. The molecule has 4 aromatic rings. The van der Waals surface area contributed by atoms with Gasteiger partial charge in [0.2, 0.25) is 0 Å². The van der Waals surface area contributed by atoms with E-state index in [4.69, 9.17) is 19.3 Å². The number of rotatable bonds is 2. The van der Waals surface area contributed by atoms with E-state index in [1.54, 1.807) is 28.0 Å². The molecule has 0 aliphatic carbocycles. The lowest BCUT2D eigenvalue weighted by atomic mass is 10.1. The highest BCUT2D eigenvalue weighted by Crippen LogP contribution is 2.37. The maximum atomic E-state index is 12.3. The number of carbonyl (C=O) groups is 4. The molecule has 0 saturated heterocycles. The number of aromatic amines is 2. The van der Waals surface area contributed by atoms with Crippen LogP contribution in [0.4, 0.5) is 21.0 Å². The Morgan fingerprint density at radius 3 is 1.53 bits per heavy atom. The molecule has 2 aliphatic rings. The number of methoxy groups -OCH3 is 1. The molecule has 0 unspecified atom stereocenters. The molecule has 3 N–H and O–H groups in total. The van der Waals surface area contributed by atoms with Crippen molar-refractivity contribution in [3.8, 4) is 0 Å². The SMILES string of the molecule is CC(C)(C)OC(=O)N1CCc2c1ccc1[nH]c(C(=O)O)cc21.COC(=O)c1cc2c3c(ccc2[nH]1)N(C(=O)OC(C)(C)C)CC3. The normalized spacial score (nSPS) is 14.1. The number of aromatic nitrogens is 2. The van der Waals surface area contributed by atoms with E-state index in [-0.39, 0.29) is 17.9 Å². The minimum absolute atomic E-state index is 0.152. The van der Waals surface area contributed by atoms with E-state index in [0.717, 1.165) is 50.7 Å². The van der Waals surface area contributed by atoms with Crippen molar-refractivity contribution in [2.75, 3.05) is 30.0 Å². The number of hydrogen-bond donors (Lipinski definition) is 3. The Labute approximate surface area is 260 Å². The fraction of sp³-hybridized carbons (Fsp3) is 0.394. The van der Waals surface area contributed by atoms with Gasteiger partial charge in [0, 0.05) is 34.9 Å². The summed E-state index contributed by atoms with van der Waals surface area (Å²) in [6, 6.07) is 10.8. The van der Waals surface area contributed by atoms with Crippen LogP contribution in [0, 0.1) is 0 Å². The summed E-state index contributed by atoms with van der Waals surface area (Å²) in [6.45, 7) is 12.1. The van der Waals surface area contributed by atoms with Gasteiger partial charge in [0.25, 0.3) is 0 Å². The number of aromatic carboxylic acids is 1. The minimum atomic E-state index is -0.994. The number of carboxylic acid groups (broad SMARTS) is 1. The van der Waals surface area contributed by atoms with Gasteiger partial charge in [-0.3, -0.25) is 9.80 Å². The molecule has 2 aliphatic heterocycles. The predicted molar refractivity (Wildman–Crippen MR) is 169 cm³/mol. The minimum Gasteiger partial charge on any atom is -0.477 e. The van der Waals surface area contributed by atoms with Crippen LogP contribution in [-0.4, -0.2) is 70.6 Å². The molecule has 2 aromatic carbocycles. The second kappa shape index (κ2) is 11.5. The van der Waals surface area contributed by atoms with E-state index in [0.29, 0.717) is 25.2 Å². The molecule has 238 valence electrons. The Bertz CT molecular complexity index is 1820. The Kier molecular flexibility index (Phi) is 8.03. The second-order valence-electron chi connectivity index (χ2n) is 13.0. The van der Waals surface area contributed by atoms with Gasteiger partial charge in [-0.15, -0.1) is 0 Å². The van der Waals surface area contributed by atoms with Crippen molar-refractivity contribution in [3.63, 3.8) is 0 Å². The van der Waals surface area contributed by atoms with Crippen molar-refractivity contribution in [2.45, 2.75) is 65.6 Å². The molecular formula is C33H38N4O8. The average molecular weight is 619 g/mol. The lowest BCUT2D eigenvalue weighted by Gasteiger charge is -2.24. The van der Waals surface area contributed by atoms with E-state index in [1.807, 2.05) is 59.7 Å². The number of hydrogen-bond acceptors (Lipinski definition) is 7. The summed E-state index contributed by atoms with van der Waals surface area (Å²) in [6.07, 6.45) is 0.687. The summed E-state index contributed by atoms with van der Waals surface area (Å²) >= 11 is 0. The summed E-state index contributed by atoms with van der Waals surface area (Å²) < 4.78 is 15.6. The fourth-order valence-corrected chi connectivity index (χ4v) is 5.57. The molecule has 12 nitrogen and oxygen atoms in total. The van der Waals surface area contributed by atoms with Crippen LogP contribution in [0.15, 0.2) is 36.4 Å². The zero-order chi connectivity index (χ0) is 32.8. The van der Waals surface area contributed by atoms with Crippen LogP contribution in [-0.2, 0) is 27.1 Å². The quantitative estimate of drug-likeness (QED) is 0.172. The van der Waals surface area contributed by atoms with Gasteiger partial charge >= 0.3 is 24.1 Å². The van der Waals surface area contributed by atoms with Gasteiger partial charge in [-0.2, -0.15) is 0 Å². The number of nitrogens with one attached hydrogen (secondary N) is 2. The molecular weight excluding hydrogens is 580 g/mol. The van der Waals surface area contributed by atoms with Crippen LogP contribution in [0.1, 0.15) is 73.6 Å². The van der Waals surface area contributed by atoms with Crippen molar-refractivity contribution >= 4 is 57.3 Å². The molecule has 2 aromatic heterocycles. The van der Waals surface area contributed by atoms with Gasteiger partial charge in [0.15, 0.2) is 0 Å². The van der Waals surface area contributed by atoms with Crippen LogP contribution in [0.2, 0.25) is 0 Å². The molecule has 0 atom stereocenters. The summed E-state index contributed by atoms with van der Waals surface area (Å²) in [5, 5.41) is 10.9. The largest absolute Gasteiger partial charge is 0.477 e. The third-order valence-electron chi connectivity index (χ3n) is 7.40.